The molecular formula is C27H23Cl3FN3OPt-. The fourth-order valence-electron chi connectivity index (χ4n) is 3.97. The van der Waals surface area contributed by atoms with E-state index < -0.39 is 14.2 Å². The molecule has 0 spiro atoms. The molecule has 0 bridgehead atoms. The van der Waals surface area contributed by atoms with E-state index in [4.69, 9.17) is 33.2 Å². The van der Waals surface area contributed by atoms with Crippen molar-refractivity contribution in [1.82, 2.24) is 14.5 Å². The Kier molecular flexibility index (Phi) is 10.4. The van der Waals surface area contributed by atoms with Crippen molar-refractivity contribution >= 4 is 56.0 Å². The topological polar surface area (TPSA) is 47.8 Å². The molecule has 0 N–H and O–H groups in total. The fourth-order valence-corrected chi connectivity index (χ4v) is 3.97. The summed E-state index contributed by atoms with van der Waals surface area (Å²) in [5.74, 6) is 0.521. The maximum absolute atomic E-state index is 13.1. The number of imidazole rings is 1. The van der Waals surface area contributed by atoms with Gasteiger partial charge in [-0.15, -0.1) is 0 Å². The van der Waals surface area contributed by atoms with Crippen molar-refractivity contribution in [3.8, 4) is 11.4 Å². The summed E-state index contributed by atoms with van der Waals surface area (Å²) in [6.45, 7) is 0.645. The standard InChI is InChI=1S/C26H20FN3O.CH3.3ClH.Pt/c27-20-14-12-18(13-15-20)24(31)11-5-17-30-23-10-2-1-9-22(23)29-26(30)21-8-3-6-19-7-4-16-28-25(19)21;;;;;/h1-4,6-10,12-16H,5,11,17H2;1H3;3*1H;/q;-1;;;;+3/p-3. The quantitative estimate of drug-likeness (QED) is 0.130. The van der Waals surface area contributed by atoms with Crippen molar-refractivity contribution in [2.45, 2.75) is 19.4 Å². The number of rotatable bonds is 6. The van der Waals surface area contributed by atoms with E-state index in [1.807, 2.05) is 54.6 Å². The van der Waals surface area contributed by atoms with Crippen molar-refractivity contribution in [3.63, 3.8) is 0 Å². The summed E-state index contributed by atoms with van der Waals surface area (Å²) in [5.41, 5.74) is 4.36. The van der Waals surface area contributed by atoms with Crippen LogP contribution in [0.3, 0.4) is 0 Å². The molecule has 0 atom stereocenters. The summed E-state index contributed by atoms with van der Waals surface area (Å²) in [4.78, 5) is 22.0. The minimum atomic E-state index is -1.85. The van der Waals surface area contributed by atoms with Gasteiger partial charge in [0.15, 0.2) is 5.78 Å². The molecule has 0 radical (unpaired) electrons. The number of carbonyl (C=O) groups excluding carboxylic acids is 1. The third kappa shape index (κ3) is 6.92. The summed E-state index contributed by atoms with van der Waals surface area (Å²) < 4.78 is 15.3. The summed E-state index contributed by atoms with van der Waals surface area (Å²) >= 11 is -1.85. The first-order valence-electron chi connectivity index (χ1n) is 10.6. The van der Waals surface area contributed by atoms with Crippen LogP contribution in [0, 0.1) is 13.2 Å². The molecule has 0 amide bonds. The molecule has 191 valence electrons. The van der Waals surface area contributed by atoms with Gasteiger partial charge in [-0.3, -0.25) is 9.78 Å². The molecule has 2 aromatic heterocycles. The van der Waals surface area contributed by atoms with Crippen LogP contribution in [-0.4, -0.2) is 20.3 Å². The molecule has 5 rings (SSSR count). The number of carbonyl (C=O) groups is 1. The van der Waals surface area contributed by atoms with Crippen LogP contribution in [-0.2, 0) is 20.7 Å². The van der Waals surface area contributed by atoms with Crippen LogP contribution in [0.1, 0.15) is 23.2 Å². The number of pyridine rings is 1. The van der Waals surface area contributed by atoms with E-state index in [1.165, 1.54) is 24.3 Å². The zero-order valence-electron chi connectivity index (χ0n) is 19.3. The maximum atomic E-state index is 13.1. The Hall–Kier alpha value is -2.30. The van der Waals surface area contributed by atoms with Crippen LogP contribution in [0.2, 0.25) is 0 Å². The van der Waals surface area contributed by atoms with Gasteiger partial charge in [0, 0.05) is 35.7 Å². The van der Waals surface area contributed by atoms with Crippen LogP contribution in [0.15, 0.2) is 85.1 Å². The van der Waals surface area contributed by atoms with Crippen LogP contribution >= 0.6 is 28.3 Å². The van der Waals surface area contributed by atoms with Gasteiger partial charge in [-0.1, -0.05) is 30.3 Å². The monoisotopic (exact) mass is 724 g/mol. The zero-order valence-corrected chi connectivity index (χ0v) is 23.8. The number of halogens is 4. The summed E-state index contributed by atoms with van der Waals surface area (Å²) in [6, 6.07) is 23.8. The van der Waals surface area contributed by atoms with Crippen LogP contribution in [0.5, 0.6) is 0 Å². The average molecular weight is 726 g/mol. The Morgan fingerprint density at radius 2 is 1.61 bits per heavy atom. The number of Topliss-reactive ketones (excluding diaryl/α,β-unsaturated/α-hetero) is 1. The summed E-state index contributed by atoms with van der Waals surface area (Å²) in [7, 11) is 14.9. The zero-order chi connectivity index (χ0) is 24.8. The molecule has 5 aromatic rings. The second-order valence-corrected chi connectivity index (χ2v) is 17.5. The number of hydrogen-bond acceptors (Lipinski definition) is 3. The molecule has 0 aliphatic carbocycles. The summed E-state index contributed by atoms with van der Waals surface area (Å²) in [5, 5.41) is 1.06. The van der Waals surface area contributed by atoms with Gasteiger partial charge >= 0.3 is 42.4 Å². The Bertz CT molecular complexity index is 1450. The van der Waals surface area contributed by atoms with Crippen LogP contribution in [0.25, 0.3) is 33.3 Å². The second-order valence-electron chi connectivity index (χ2n) is 7.63. The van der Waals surface area contributed by atoms with Gasteiger partial charge in [0.1, 0.15) is 11.6 Å². The predicted octanol–water partition coefficient (Wildman–Crippen LogP) is 8.57. The van der Waals surface area contributed by atoms with Crippen molar-refractivity contribution in [2.75, 3.05) is 0 Å². The van der Waals surface area contributed by atoms with E-state index in [0.29, 0.717) is 24.9 Å². The van der Waals surface area contributed by atoms with Gasteiger partial charge < -0.3 is 12.0 Å². The average Bonchev–Trinajstić information content (AvgIpc) is 3.22. The van der Waals surface area contributed by atoms with Gasteiger partial charge in [0.25, 0.3) is 0 Å². The number of fused-ring (bicyclic) bond motifs is 2. The van der Waals surface area contributed by atoms with Crippen molar-refractivity contribution < 1.29 is 23.4 Å². The number of nitrogens with zero attached hydrogens (tertiary/aromatic N) is 3. The van der Waals surface area contributed by atoms with Gasteiger partial charge in [-0.2, -0.15) is 0 Å². The third-order valence-electron chi connectivity index (χ3n) is 5.48. The number of aryl methyl sites for hydroxylation is 1. The molecular weight excluding hydrogens is 703 g/mol. The Morgan fingerprint density at radius 3 is 2.36 bits per heavy atom. The van der Waals surface area contributed by atoms with Crippen molar-refractivity contribution in [1.29, 1.82) is 0 Å². The molecule has 0 unspecified atom stereocenters. The Balaban J connectivity index is 0.000000674. The van der Waals surface area contributed by atoms with Gasteiger partial charge in [-0.25, -0.2) is 9.37 Å². The van der Waals surface area contributed by atoms with E-state index in [1.54, 1.807) is 6.20 Å². The van der Waals surface area contributed by atoms with E-state index in [2.05, 4.69) is 9.55 Å². The first kappa shape index (κ1) is 28.3. The van der Waals surface area contributed by atoms with E-state index in [0.717, 1.165) is 33.3 Å². The molecule has 0 aliphatic rings. The normalized spacial score (nSPS) is 10.9. The molecule has 36 heavy (non-hydrogen) atoms. The summed E-state index contributed by atoms with van der Waals surface area (Å²) in [6.07, 6.45) is 2.83. The van der Waals surface area contributed by atoms with Crippen molar-refractivity contribution in [3.05, 3.63) is 104 Å². The van der Waals surface area contributed by atoms with E-state index in [-0.39, 0.29) is 19.0 Å². The number of aromatic nitrogens is 3. The first-order chi connectivity index (χ1) is 16.9. The molecule has 9 heteroatoms. The van der Waals surface area contributed by atoms with E-state index >= 15 is 0 Å². The molecule has 3 aromatic carbocycles. The minimum absolute atomic E-state index is 0. The van der Waals surface area contributed by atoms with E-state index in [9.17, 15) is 9.18 Å². The molecule has 0 saturated carbocycles. The van der Waals surface area contributed by atoms with Crippen LogP contribution in [0.4, 0.5) is 4.39 Å². The molecule has 0 fully saturated rings. The molecule has 0 saturated heterocycles. The second kappa shape index (κ2) is 13.3. The Labute approximate surface area is 227 Å². The predicted molar refractivity (Wildman–Crippen MR) is 144 cm³/mol. The third-order valence-corrected chi connectivity index (χ3v) is 5.48. The van der Waals surface area contributed by atoms with Crippen LogP contribution < -0.4 is 0 Å². The van der Waals surface area contributed by atoms with Gasteiger partial charge in [0.2, 0.25) is 0 Å². The number of hydrogen-bond donors (Lipinski definition) is 0. The number of ketones is 1. The first-order valence-corrected chi connectivity index (χ1v) is 19.1. The fraction of sp³-hybridized carbons (Fsp3) is 0.111. The number of para-hydroxylation sites is 3. The number of benzene rings is 3. The molecule has 2 heterocycles. The van der Waals surface area contributed by atoms with Gasteiger partial charge in [-0.05, 0) is 55.0 Å². The van der Waals surface area contributed by atoms with Crippen molar-refractivity contribution in [2.24, 2.45) is 0 Å². The molecule has 4 nitrogen and oxygen atoms in total. The SMILES string of the molecule is O=C(CCCn1c(-c2cccc3cccnc23)nc2ccccc21)c1ccc(F)cc1.[CH3-].[Cl][Pt]([Cl])[Cl]. The molecule has 0 aliphatic heterocycles. The Morgan fingerprint density at radius 1 is 0.917 bits per heavy atom. The van der Waals surface area contributed by atoms with Gasteiger partial charge in [0.05, 0.1) is 16.6 Å².